The Kier molecular flexibility index (Phi) is 4.61. The van der Waals surface area contributed by atoms with Crippen molar-refractivity contribution < 1.29 is 9.66 Å². The van der Waals surface area contributed by atoms with E-state index >= 15 is 0 Å². The summed E-state index contributed by atoms with van der Waals surface area (Å²) >= 11 is 0. The summed E-state index contributed by atoms with van der Waals surface area (Å²) in [7, 11) is 0. The number of allylic oxidation sites excluding steroid dienone is 1. The molecule has 5 heteroatoms. The number of nitrogens with zero attached hydrogens (tertiary/aromatic N) is 1. The molecule has 0 bridgehead atoms. The highest BCUT2D eigenvalue weighted by molar-refractivity contribution is 5.68. The van der Waals surface area contributed by atoms with Gasteiger partial charge in [0.15, 0.2) is 5.75 Å². The van der Waals surface area contributed by atoms with Crippen molar-refractivity contribution >= 4 is 11.4 Å². The van der Waals surface area contributed by atoms with Gasteiger partial charge in [0.25, 0.3) is 0 Å². The van der Waals surface area contributed by atoms with Crippen LogP contribution in [0.2, 0.25) is 0 Å². The van der Waals surface area contributed by atoms with Crippen molar-refractivity contribution in [2.75, 3.05) is 5.32 Å². The molecule has 0 fully saturated rings. The minimum Gasteiger partial charge on any atom is -0.484 e. The fraction of sp³-hybridized carbons (Fsp3) is 0.467. The van der Waals surface area contributed by atoms with Gasteiger partial charge in [0.2, 0.25) is 0 Å². The molecule has 1 N–H and O–H groups in total. The molecule has 1 unspecified atom stereocenters. The molecule has 20 heavy (non-hydrogen) atoms. The van der Waals surface area contributed by atoms with Gasteiger partial charge in [-0.05, 0) is 45.2 Å². The van der Waals surface area contributed by atoms with E-state index in [4.69, 9.17) is 4.74 Å². The van der Waals surface area contributed by atoms with Gasteiger partial charge in [-0.3, -0.25) is 10.1 Å². The van der Waals surface area contributed by atoms with Crippen LogP contribution in [0.1, 0.15) is 33.1 Å². The van der Waals surface area contributed by atoms with Gasteiger partial charge in [-0.25, -0.2) is 0 Å². The van der Waals surface area contributed by atoms with E-state index in [0.717, 1.165) is 19.3 Å². The maximum absolute atomic E-state index is 11.3. The van der Waals surface area contributed by atoms with E-state index in [1.807, 2.05) is 13.8 Å². The molecule has 0 aliphatic heterocycles. The Labute approximate surface area is 118 Å². The first kappa shape index (κ1) is 14.4. The first-order chi connectivity index (χ1) is 9.58. The van der Waals surface area contributed by atoms with Gasteiger partial charge < -0.3 is 10.1 Å². The van der Waals surface area contributed by atoms with Gasteiger partial charge in [-0.15, -0.1) is 0 Å². The molecule has 0 saturated heterocycles. The van der Waals surface area contributed by atoms with Crippen molar-refractivity contribution in [2.24, 2.45) is 0 Å². The van der Waals surface area contributed by atoms with Crippen LogP contribution < -0.4 is 10.1 Å². The lowest BCUT2D eigenvalue weighted by Crippen LogP contribution is -2.21. The van der Waals surface area contributed by atoms with Crippen LogP contribution in [0.25, 0.3) is 0 Å². The van der Waals surface area contributed by atoms with Crippen LogP contribution in [-0.4, -0.2) is 17.1 Å². The molecule has 1 aliphatic carbocycles. The summed E-state index contributed by atoms with van der Waals surface area (Å²) in [4.78, 5) is 11.0. The summed E-state index contributed by atoms with van der Waals surface area (Å²) in [5, 5.41) is 14.6. The van der Waals surface area contributed by atoms with Crippen LogP contribution in [0, 0.1) is 10.1 Å². The number of rotatable bonds is 5. The van der Waals surface area contributed by atoms with Crippen LogP contribution in [0.3, 0.4) is 0 Å². The van der Waals surface area contributed by atoms with Crippen molar-refractivity contribution in [3.05, 3.63) is 40.5 Å². The minimum absolute atomic E-state index is 0.0238. The average Bonchev–Trinajstić information content (AvgIpc) is 2.39. The fourth-order valence-corrected chi connectivity index (χ4v) is 2.32. The summed E-state index contributed by atoms with van der Waals surface area (Å²) in [6, 6.07) is 5.41. The smallest absolute Gasteiger partial charge is 0.333 e. The van der Waals surface area contributed by atoms with E-state index in [0.29, 0.717) is 11.4 Å². The zero-order chi connectivity index (χ0) is 14.5. The van der Waals surface area contributed by atoms with E-state index in [2.05, 4.69) is 17.5 Å². The topological polar surface area (TPSA) is 64.4 Å². The third kappa shape index (κ3) is 3.50. The molecule has 0 amide bonds. The summed E-state index contributed by atoms with van der Waals surface area (Å²) in [6.07, 6.45) is 7.05. The molecule has 5 nitrogen and oxygen atoms in total. The molecule has 1 aliphatic rings. The maximum atomic E-state index is 11.3. The number of hydrogen-bond donors (Lipinski definition) is 1. The van der Waals surface area contributed by atoms with E-state index in [1.54, 1.807) is 18.2 Å². The van der Waals surface area contributed by atoms with E-state index in [9.17, 15) is 10.1 Å². The van der Waals surface area contributed by atoms with Crippen molar-refractivity contribution in [3.8, 4) is 5.75 Å². The zero-order valence-corrected chi connectivity index (χ0v) is 11.8. The normalized spacial score (nSPS) is 18.1. The SMILES string of the molecule is CC(C)Oc1cccc(NC2CC=CCC2)c1[N+](=O)[O-]. The van der Waals surface area contributed by atoms with Gasteiger partial charge in [0.05, 0.1) is 11.0 Å². The molecule has 108 valence electrons. The monoisotopic (exact) mass is 276 g/mol. The molecule has 2 rings (SSSR count). The lowest BCUT2D eigenvalue weighted by Gasteiger charge is -2.21. The van der Waals surface area contributed by atoms with Gasteiger partial charge in [0, 0.05) is 6.04 Å². The van der Waals surface area contributed by atoms with Crippen LogP contribution in [0.4, 0.5) is 11.4 Å². The second-order valence-electron chi connectivity index (χ2n) is 5.20. The van der Waals surface area contributed by atoms with E-state index in [1.165, 1.54) is 0 Å². The van der Waals surface area contributed by atoms with Crippen molar-refractivity contribution in [1.29, 1.82) is 0 Å². The number of nitrogens with one attached hydrogen (secondary N) is 1. The van der Waals surface area contributed by atoms with E-state index in [-0.39, 0.29) is 22.8 Å². The molecule has 0 radical (unpaired) electrons. The van der Waals surface area contributed by atoms with Crippen LogP contribution >= 0.6 is 0 Å². The predicted molar refractivity (Wildman–Crippen MR) is 79.3 cm³/mol. The Morgan fingerprint density at radius 1 is 1.40 bits per heavy atom. The summed E-state index contributed by atoms with van der Waals surface area (Å²) < 4.78 is 5.54. The number of anilines is 1. The average molecular weight is 276 g/mol. The summed E-state index contributed by atoms with van der Waals surface area (Å²) in [6.45, 7) is 3.71. The molecule has 1 atom stereocenters. The molecule has 0 saturated carbocycles. The molecule has 0 heterocycles. The Hall–Kier alpha value is -2.04. The summed E-state index contributed by atoms with van der Waals surface area (Å²) in [5.74, 6) is 0.321. The number of nitro groups is 1. The number of ether oxygens (including phenoxy) is 1. The van der Waals surface area contributed by atoms with Crippen molar-refractivity contribution in [3.63, 3.8) is 0 Å². The first-order valence-corrected chi connectivity index (χ1v) is 6.93. The van der Waals surface area contributed by atoms with Crippen molar-refractivity contribution in [2.45, 2.75) is 45.3 Å². The first-order valence-electron chi connectivity index (χ1n) is 6.93. The van der Waals surface area contributed by atoms with E-state index < -0.39 is 0 Å². The van der Waals surface area contributed by atoms with Gasteiger partial charge >= 0.3 is 5.69 Å². The quantitative estimate of drug-likeness (QED) is 0.503. The third-order valence-electron chi connectivity index (χ3n) is 3.17. The highest BCUT2D eigenvalue weighted by Gasteiger charge is 2.23. The fourth-order valence-electron chi connectivity index (χ4n) is 2.32. The molecular weight excluding hydrogens is 256 g/mol. The molecule has 1 aromatic carbocycles. The molecule has 0 spiro atoms. The second-order valence-corrected chi connectivity index (χ2v) is 5.20. The maximum Gasteiger partial charge on any atom is 0.333 e. The number of nitro benzene ring substituents is 1. The predicted octanol–water partition coefficient (Wildman–Crippen LogP) is 3.90. The molecule has 1 aromatic rings. The van der Waals surface area contributed by atoms with Crippen LogP contribution in [0.5, 0.6) is 5.75 Å². The third-order valence-corrected chi connectivity index (χ3v) is 3.17. The molecule has 0 aromatic heterocycles. The number of hydrogen-bond acceptors (Lipinski definition) is 4. The second kappa shape index (κ2) is 6.41. The van der Waals surface area contributed by atoms with Crippen molar-refractivity contribution in [1.82, 2.24) is 0 Å². The lowest BCUT2D eigenvalue weighted by molar-refractivity contribution is -0.385. The molecular formula is C15H20N2O3. The largest absolute Gasteiger partial charge is 0.484 e. The van der Waals surface area contributed by atoms with Crippen LogP contribution in [-0.2, 0) is 0 Å². The standard InChI is InChI=1S/C15H20N2O3/c1-11(2)20-14-10-6-9-13(15(14)17(18)19)16-12-7-4-3-5-8-12/h3-4,6,9-12,16H,5,7-8H2,1-2H3. The Bertz CT molecular complexity index is 512. The summed E-state index contributed by atoms with van der Waals surface area (Å²) in [5.41, 5.74) is 0.559. The van der Waals surface area contributed by atoms with Gasteiger partial charge in [-0.1, -0.05) is 18.2 Å². The van der Waals surface area contributed by atoms with Gasteiger partial charge in [-0.2, -0.15) is 0 Å². The highest BCUT2D eigenvalue weighted by Crippen LogP contribution is 2.36. The zero-order valence-electron chi connectivity index (χ0n) is 11.8. The van der Waals surface area contributed by atoms with Crippen LogP contribution in [0.15, 0.2) is 30.4 Å². The highest BCUT2D eigenvalue weighted by atomic mass is 16.6. The lowest BCUT2D eigenvalue weighted by atomic mass is 10.0. The Morgan fingerprint density at radius 2 is 2.20 bits per heavy atom. The van der Waals surface area contributed by atoms with Gasteiger partial charge in [0.1, 0.15) is 5.69 Å². The minimum atomic E-state index is -0.376. The Morgan fingerprint density at radius 3 is 2.80 bits per heavy atom. The number of para-hydroxylation sites is 1. The Balaban J connectivity index is 2.26. The number of benzene rings is 1.